The lowest BCUT2D eigenvalue weighted by Crippen LogP contribution is -1.92. The summed E-state index contributed by atoms with van der Waals surface area (Å²) >= 11 is 0. The number of furan rings is 1. The van der Waals surface area contributed by atoms with Gasteiger partial charge in [0.1, 0.15) is 11.2 Å². The molecule has 10 rings (SSSR count). The Balaban J connectivity index is 1.50. The van der Waals surface area contributed by atoms with Crippen LogP contribution in [0.2, 0.25) is 0 Å². The number of hydrogen-bond donors (Lipinski definition) is 0. The fourth-order valence-electron chi connectivity index (χ4n) is 5.95. The Morgan fingerprint density at radius 1 is 0.306 bits per heavy atom. The average molecular weight is 653 g/mol. The van der Waals surface area contributed by atoms with Crippen LogP contribution in [0.3, 0.4) is 0 Å². The molecule has 0 aliphatic heterocycles. The van der Waals surface area contributed by atoms with Crippen LogP contribution in [0.1, 0.15) is 41.1 Å². The highest BCUT2D eigenvalue weighted by molar-refractivity contribution is 6.24. The normalized spacial score (nSPS) is 20.2. The van der Waals surface area contributed by atoms with Gasteiger partial charge < -0.3 is 4.42 Å². The van der Waals surface area contributed by atoms with Crippen molar-refractivity contribution in [3.63, 3.8) is 0 Å². The smallest absolute Gasteiger partial charge is 0.136 e. The number of fused-ring (bicyclic) bond motifs is 6. The van der Waals surface area contributed by atoms with Gasteiger partial charge >= 0.3 is 0 Å². The minimum atomic E-state index is -1.16. The third-order valence-electron chi connectivity index (χ3n) is 7.95. The summed E-state index contributed by atoms with van der Waals surface area (Å²) in [4.78, 5) is 0. The molecule has 49 heavy (non-hydrogen) atoms. The van der Waals surface area contributed by atoms with Gasteiger partial charge in [-0.05, 0) is 95.0 Å². The van der Waals surface area contributed by atoms with Gasteiger partial charge in [0.05, 0.1) is 41.1 Å². The lowest BCUT2D eigenvalue weighted by atomic mass is 9.84. The minimum absolute atomic E-state index is 0.555. The van der Waals surface area contributed by atoms with Crippen LogP contribution in [-0.2, 0) is 0 Å². The molecule has 1 nitrogen and oxygen atoms in total. The Morgan fingerprint density at radius 2 is 0.837 bits per heavy atom. The maximum absolute atomic E-state index is 9.94. The molecule has 0 saturated heterocycles. The van der Waals surface area contributed by atoms with Crippen molar-refractivity contribution >= 4 is 54.3 Å². The fraction of sp³-hybridized carbons (Fsp3) is 0. The first-order valence-electron chi connectivity index (χ1n) is 29.4. The predicted octanol–water partition coefficient (Wildman–Crippen LogP) is 13.7. The lowest BCUT2D eigenvalue weighted by Gasteiger charge is -2.19. The maximum atomic E-state index is 9.94. The second-order valence-electron chi connectivity index (χ2n) is 10.5. The van der Waals surface area contributed by atoms with Crippen LogP contribution < -0.4 is 0 Å². The molecule has 0 saturated carbocycles. The van der Waals surface area contributed by atoms with Crippen LogP contribution in [0.4, 0.5) is 0 Å². The van der Waals surface area contributed by atoms with Crippen molar-refractivity contribution in [2.45, 2.75) is 0 Å². The Hall–Kier alpha value is -6.44. The second kappa shape index (κ2) is 11.1. The third-order valence-corrected chi connectivity index (χ3v) is 7.95. The van der Waals surface area contributed by atoms with Gasteiger partial charge in [0.2, 0.25) is 0 Å². The molecule has 0 spiro atoms. The Morgan fingerprint density at radius 3 is 1.49 bits per heavy atom. The van der Waals surface area contributed by atoms with Crippen molar-refractivity contribution in [3.8, 4) is 44.5 Å². The minimum Gasteiger partial charge on any atom is -0.456 e. The van der Waals surface area contributed by atoms with Crippen molar-refractivity contribution < 1.29 is 45.5 Å². The molecule has 10 aromatic rings. The van der Waals surface area contributed by atoms with E-state index in [2.05, 4.69) is 0 Å². The van der Waals surface area contributed by atoms with E-state index in [0.29, 0.717) is 0 Å². The van der Waals surface area contributed by atoms with E-state index in [-0.39, 0.29) is 0 Å². The van der Waals surface area contributed by atoms with E-state index in [1.54, 1.807) is 0 Å². The van der Waals surface area contributed by atoms with Crippen molar-refractivity contribution in [1.29, 1.82) is 0 Å². The molecule has 0 fully saturated rings. The van der Waals surface area contributed by atoms with Crippen LogP contribution >= 0.6 is 0 Å². The zero-order chi connectivity index (χ0) is 58.4. The summed E-state index contributed by atoms with van der Waals surface area (Å²) in [7, 11) is 0. The number of benzene rings is 9. The van der Waals surface area contributed by atoms with Crippen molar-refractivity contribution in [2.75, 3.05) is 0 Å². The number of hydrogen-bond acceptors (Lipinski definition) is 1. The monoisotopic (exact) mass is 652 g/mol. The molecule has 0 amide bonds. The highest BCUT2D eigenvalue weighted by atomic mass is 16.3. The fourth-order valence-corrected chi connectivity index (χ4v) is 5.95. The van der Waals surface area contributed by atoms with E-state index in [4.69, 9.17) is 30.5 Å². The lowest BCUT2D eigenvalue weighted by molar-refractivity contribution is 0.669. The highest BCUT2D eigenvalue weighted by Crippen LogP contribution is 2.47. The zero-order valence-corrected chi connectivity index (χ0v) is 24.4. The van der Waals surface area contributed by atoms with Crippen molar-refractivity contribution in [2.24, 2.45) is 0 Å². The molecular weight excluding hydrogens is 593 g/mol. The van der Waals surface area contributed by atoms with Crippen LogP contribution in [0.25, 0.3) is 98.8 Å². The third kappa shape index (κ3) is 4.33. The van der Waals surface area contributed by atoms with Gasteiger partial charge in [-0.15, -0.1) is 0 Å². The molecule has 0 atom stereocenters. The topological polar surface area (TPSA) is 13.1 Å². The molecule has 1 heterocycles. The van der Waals surface area contributed by atoms with Gasteiger partial charge in [-0.1, -0.05) is 163 Å². The standard InChI is InChI=1S/C48H30O/c1-3-14-31(15-4-1)35-24-13-25-45-48(35)43-30-33(26-29-44(43)49-45)34-27-28-42(37-19-8-7-18-36(34)37)47-40-22-11-9-20-38(40)46(32-16-5-2-6-17-32)39-21-10-12-23-41(39)47/h1-30H/i1D,2D,3D,4D,5D,6D,7D,8D,9D,10D,11D,12D,13D,14D,15D,16D,17D,18D,19D,20D,21D,22D,23D,24D,25D,26D,27D,28D,29D,30D. The molecule has 0 unspecified atom stereocenters. The summed E-state index contributed by atoms with van der Waals surface area (Å²) < 4.78 is 277. The molecule has 0 N–H and O–H groups in total. The van der Waals surface area contributed by atoms with E-state index in [0.717, 1.165) is 0 Å². The quantitative estimate of drug-likeness (QED) is 0.172. The van der Waals surface area contributed by atoms with E-state index in [9.17, 15) is 15.1 Å². The zero-order valence-electron chi connectivity index (χ0n) is 54.4. The Bertz CT molecular complexity index is 4460. The Kier molecular flexibility index (Phi) is 2.50. The van der Waals surface area contributed by atoms with E-state index in [1.807, 2.05) is 0 Å². The first kappa shape index (κ1) is 11.1. The maximum Gasteiger partial charge on any atom is 0.136 e. The van der Waals surface area contributed by atoms with Gasteiger partial charge in [0, 0.05) is 10.8 Å². The summed E-state index contributed by atoms with van der Waals surface area (Å²) in [5, 5.41) is -5.91. The van der Waals surface area contributed by atoms with Crippen molar-refractivity contribution in [3.05, 3.63) is 181 Å². The second-order valence-corrected chi connectivity index (χ2v) is 10.5. The molecule has 0 aliphatic carbocycles. The number of rotatable bonds is 4. The summed E-state index contributed by atoms with van der Waals surface area (Å²) in [6.07, 6.45) is 0. The van der Waals surface area contributed by atoms with Crippen LogP contribution in [0.5, 0.6) is 0 Å². The average Bonchev–Trinajstić information content (AvgIpc) is 3.94. The molecule has 9 aromatic carbocycles. The van der Waals surface area contributed by atoms with E-state index >= 15 is 0 Å². The molecule has 228 valence electrons. The van der Waals surface area contributed by atoms with Gasteiger partial charge in [-0.2, -0.15) is 0 Å². The largest absolute Gasteiger partial charge is 0.456 e. The van der Waals surface area contributed by atoms with Gasteiger partial charge in [0.15, 0.2) is 0 Å². The molecule has 0 radical (unpaired) electrons. The molecule has 1 heteroatoms. The molecule has 0 aliphatic rings. The SMILES string of the molecule is [2H]c1c([2H])c([2H])c(-c2c3c([2H])c([2H])c([2H])c([2H])c3c(-c3c([2H])c([2H])c(-c4c([2H])c([2H])c5oc6c([2H])c([2H])c([2H])c(-c7c([2H])c([2H])c([2H])c([2H])c7[2H])c6c5c4[2H])c4c([2H])c([2H])c([2H])c([2H])c34)c3c([2H])c([2H])c([2H])c([2H])c23)c([2H])c1[2H]. The molecule has 0 bridgehead atoms. The predicted molar refractivity (Wildman–Crippen MR) is 208 cm³/mol. The van der Waals surface area contributed by atoms with E-state index < -0.39 is 280 Å². The Labute approximate surface area is 326 Å². The summed E-state index contributed by atoms with van der Waals surface area (Å²) in [5.74, 6) is 0. The molecular formula is C48H30O. The van der Waals surface area contributed by atoms with Crippen LogP contribution in [0.15, 0.2) is 186 Å². The van der Waals surface area contributed by atoms with Crippen LogP contribution in [0, 0.1) is 0 Å². The summed E-state index contributed by atoms with van der Waals surface area (Å²) in [6, 6.07) is -29.5. The van der Waals surface area contributed by atoms with Crippen molar-refractivity contribution in [1.82, 2.24) is 0 Å². The van der Waals surface area contributed by atoms with Gasteiger partial charge in [-0.25, -0.2) is 0 Å². The van der Waals surface area contributed by atoms with E-state index in [1.165, 1.54) is 0 Å². The molecule has 1 aromatic heterocycles. The van der Waals surface area contributed by atoms with Gasteiger partial charge in [0.25, 0.3) is 0 Å². The van der Waals surface area contributed by atoms with Gasteiger partial charge in [-0.3, -0.25) is 0 Å². The summed E-state index contributed by atoms with van der Waals surface area (Å²) in [6.45, 7) is 0. The summed E-state index contributed by atoms with van der Waals surface area (Å²) in [5.41, 5.74) is -7.61. The first-order chi connectivity index (χ1) is 36.8. The highest BCUT2D eigenvalue weighted by Gasteiger charge is 2.19. The first-order valence-corrected chi connectivity index (χ1v) is 14.4. The van der Waals surface area contributed by atoms with Crippen LogP contribution in [-0.4, -0.2) is 0 Å².